The number of nitro benzene ring substituents is 1. The fraction of sp³-hybridized carbons (Fsp3) is 0.0556. The van der Waals surface area contributed by atoms with Crippen LogP contribution in [0.25, 0.3) is 11.3 Å². The Kier molecular flexibility index (Phi) is 4.84. The zero-order valence-corrected chi connectivity index (χ0v) is 13.7. The van der Waals surface area contributed by atoms with Gasteiger partial charge in [0, 0.05) is 29.6 Å². The monoisotopic (exact) mass is 350 g/mol. The number of aryl methyl sites for hydroxylation is 1. The summed E-state index contributed by atoms with van der Waals surface area (Å²) in [5.41, 5.74) is 4.15. The van der Waals surface area contributed by atoms with Crippen LogP contribution in [-0.4, -0.2) is 22.0 Å². The summed E-state index contributed by atoms with van der Waals surface area (Å²) in [6.07, 6.45) is 2.81. The average molecular weight is 350 g/mol. The second-order valence-corrected chi connectivity index (χ2v) is 5.40. The third-order valence-corrected chi connectivity index (χ3v) is 3.50. The maximum absolute atomic E-state index is 11.9. The van der Waals surface area contributed by atoms with E-state index in [2.05, 4.69) is 15.5 Å². The van der Waals surface area contributed by atoms with Gasteiger partial charge >= 0.3 is 0 Å². The first-order valence-electron chi connectivity index (χ1n) is 7.63. The highest BCUT2D eigenvalue weighted by Crippen LogP contribution is 2.25. The second-order valence-electron chi connectivity index (χ2n) is 5.40. The maximum atomic E-state index is 11.9. The number of aromatic nitrogens is 1. The molecule has 3 aromatic rings. The van der Waals surface area contributed by atoms with Gasteiger partial charge in [-0.25, -0.2) is 5.43 Å². The van der Waals surface area contributed by atoms with Crippen LogP contribution in [0.4, 0.5) is 5.69 Å². The van der Waals surface area contributed by atoms with Crippen molar-refractivity contribution >= 4 is 17.8 Å². The molecule has 0 bridgehead atoms. The number of amides is 1. The van der Waals surface area contributed by atoms with Gasteiger partial charge in [-0.1, -0.05) is 12.1 Å². The van der Waals surface area contributed by atoms with E-state index < -0.39 is 4.92 Å². The zero-order valence-electron chi connectivity index (χ0n) is 13.7. The molecule has 1 amide bonds. The van der Waals surface area contributed by atoms with Crippen LogP contribution in [0.15, 0.2) is 64.2 Å². The average Bonchev–Trinajstić information content (AvgIpc) is 3.11. The van der Waals surface area contributed by atoms with Crippen molar-refractivity contribution < 1.29 is 14.1 Å². The molecule has 1 N–H and O–H groups in total. The number of benzene rings is 1. The molecular formula is C18H14N4O4. The van der Waals surface area contributed by atoms with Crippen molar-refractivity contribution in [2.24, 2.45) is 5.10 Å². The van der Waals surface area contributed by atoms with E-state index in [4.69, 9.17) is 4.42 Å². The van der Waals surface area contributed by atoms with Gasteiger partial charge in [0.25, 0.3) is 11.6 Å². The van der Waals surface area contributed by atoms with Gasteiger partial charge in [-0.15, -0.1) is 0 Å². The summed E-state index contributed by atoms with van der Waals surface area (Å²) >= 11 is 0. The fourth-order valence-corrected chi connectivity index (χ4v) is 2.17. The highest BCUT2D eigenvalue weighted by molar-refractivity contribution is 5.94. The van der Waals surface area contributed by atoms with Gasteiger partial charge in [0.15, 0.2) is 0 Å². The number of nitrogens with zero attached hydrogens (tertiary/aromatic N) is 3. The molecule has 0 aliphatic heterocycles. The van der Waals surface area contributed by atoms with Crippen LogP contribution in [0.5, 0.6) is 0 Å². The summed E-state index contributed by atoms with van der Waals surface area (Å²) in [6.45, 7) is 1.83. The van der Waals surface area contributed by atoms with E-state index in [-0.39, 0.29) is 11.6 Å². The molecule has 0 saturated heterocycles. The summed E-state index contributed by atoms with van der Waals surface area (Å²) < 4.78 is 5.57. The lowest BCUT2D eigenvalue weighted by atomic mass is 10.1. The number of hydrazone groups is 1. The Bertz CT molecular complexity index is 977. The lowest BCUT2D eigenvalue weighted by Crippen LogP contribution is -2.17. The van der Waals surface area contributed by atoms with Gasteiger partial charge in [0.1, 0.15) is 11.5 Å². The minimum Gasteiger partial charge on any atom is -0.455 e. The maximum Gasteiger partial charge on any atom is 0.272 e. The molecule has 2 heterocycles. The van der Waals surface area contributed by atoms with E-state index in [1.165, 1.54) is 24.5 Å². The van der Waals surface area contributed by atoms with E-state index >= 15 is 0 Å². The minimum absolute atomic E-state index is 0.0203. The fourth-order valence-electron chi connectivity index (χ4n) is 2.17. The molecule has 0 saturated carbocycles. The van der Waals surface area contributed by atoms with Crippen LogP contribution in [0.1, 0.15) is 21.8 Å². The molecule has 0 atom stereocenters. The largest absolute Gasteiger partial charge is 0.455 e. The number of nitro groups is 1. The summed E-state index contributed by atoms with van der Waals surface area (Å²) in [4.78, 5) is 26.3. The van der Waals surface area contributed by atoms with Gasteiger partial charge < -0.3 is 4.42 Å². The molecule has 0 aliphatic rings. The number of furan rings is 1. The van der Waals surface area contributed by atoms with Crippen LogP contribution in [0.2, 0.25) is 0 Å². The van der Waals surface area contributed by atoms with E-state index in [1.807, 2.05) is 6.92 Å². The molecule has 1 aromatic carbocycles. The summed E-state index contributed by atoms with van der Waals surface area (Å²) in [5, 5.41) is 14.7. The Morgan fingerprint density at radius 1 is 1.27 bits per heavy atom. The Morgan fingerprint density at radius 2 is 2.12 bits per heavy atom. The van der Waals surface area contributed by atoms with Crippen LogP contribution in [-0.2, 0) is 0 Å². The molecule has 2 aromatic heterocycles. The van der Waals surface area contributed by atoms with Gasteiger partial charge in [-0.05, 0) is 31.2 Å². The SMILES string of the molecule is Cc1ccc(C(=O)N/N=C/c2ccc(-c3cccc([N+](=O)[O-])c3)o2)cn1. The number of hydrogen-bond donors (Lipinski definition) is 1. The van der Waals surface area contributed by atoms with Crippen LogP contribution < -0.4 is 5.43 Å². The Morgan fingerprint density at radius 3 is 2.85 bits per heavy atom. The van der Waals surface area contributed by atoms with Crippen molar-refractivity contribution in [2.45, 2.75) is 6.92 Å². The van der Waals surface area contributed by atoms with Crippen molar-refractivity contribution in [3.8, 4) is 11.3 Å². The normalized spacial score (nSPS) is 10.8. The number of hydrogen-bond acceptors (Lipinski definition) is 6. The van der Waals surface area contributed by atoms with Crippen LogP contribution in [0.3, 0.4) is 0 Å². The van der Waals surface area contributed by atoms with E-state index in [0.717, 1.165) is 5.69 Å². The highest BCUT2D eigenvalue weighted by Gasteiger charge is 2.10. The predicted octanol–water partition coefficient (Wildman–Crippen LogP) is 3.32. The molecule has 0 unspecified atom stereocenters. The molecule has 0 fully saturated rings. The third-order valence-electron chi connectivity index (χ3n) is 3.50. The van der Waals surface area contributed by atoms with Gasteiger partial charge in [0.05, 0.1) is 16.7 Å². The van der Waals surface area contributed by atoms with Crippen LogP contribution >= 0.6 is 0 Å². The number of carbonyl (C=O) groups is 1. The predicted molar refractivity (Wildman–Crippen MR) is 94.8 cm³/mol. The number of carbonyl (C=O) groups excluding carboxylic acids is 1. The Hall–Kier alpha value is -3.81. The summed E-state index contributed by atoms with van der Waals surface area (Å²) in [5.74, 6) is 0.470. The topological polar surface area (TPSA) is 111 Å². The molecule has 8 nitrogen and oxygen atoms in total. The Labute approximate surface area is 148 Å². The molecule has 3 rings (SSSR count). The molecule has 0 radical (unpaired) electrons. The minimum atomic E-state index is -0.468. The Balaban J connectivity index is 1.67. The van der Waals surface area contributed by atoms with Crippen molar-refractivity contribution in [3.63, 3.8) is 0 Å². The molecule has 130 valence electrons. The van der Waals surface area contributed by atoms with Crippen molar-refractivity contribution in [1.82, 2.24) is 10.4 Å². The number of non-ortho nitro benzene ring substituents is 1. The smallest absolute Gasteiger partial charge is 0.272 e. The molecule has 8 heteroatoms. The lowest BCUT2D eigenvalue weighted by molar-refractivity contribution is -0.384. The second kappa shape index (κ2) is 7.39. The van der Waals surface area contributed by atoms with Crippen molar-refractivity contribution in [2.75, 3.05) is 0 Å². The standard InChI is InChI=1S/C18H14N4O4/c1-12-5-6-14(10-19-12)18(23)21-20-11-16-7-8-17(26-16)13-3-2-4-15(9-13)22(24)25/h2-11H,1H3,(H,21,23)/b20-11+. The van der Waals surface area contributed by atoms with E-state index in [0.29, 0.717) is 22.6 Å². The number of nitrogens with one attached hydrogen (secondary N) is 1. The van der Waals surface area contributed by atoms with Crippen molar-refractivity contribution in [3.05, 3.63) is 81.9 Å². The van der Waals surface area contributed by atoms with Crippen molar-refractivity contribution in [1.29, 1.82) is 0 Å². The molecular weight excluding hydrogens is 336 g/mol. The van der Waals surface area contributed by atoms with E-state index in [9.17, 15) is 14.9 Å². The van der Waals surface area contributed by atoms with Gasteiger partial charge in [-0.3, -0.25) is 19.9 Å². The quantitative estimate of drug-likeness (QED) is 0.431. The molecule has 0 spiro atoms. The summed E-state index contributed by atoms with van der Waals surface area (Å²) in [7, 11) is 0. The lowest BCUT2D eigenvalue weighted by Gasteiger charge is -1.99. The zero-order chi connectivity index (χ0) is 18.5. The van der Waals surface area contributed by atoms with Gasteiger partial charge in [-0.2, -0.15) is 5.10 Å². The molecule has 26 heavy (non-hydrogen) atoms. The van der Waals surface area contributed by atoms with Gasteiger partial charge in [0.2, 0.25) is 0 Å². The number of rotatable bonds is 5. The summed E-state index contributed by atoms with van der Waals surface area (Å²) in [6, 6.07) is 12.8. The highest BCUT2D eigenvalue weighted by atomic mass is 16.6. The van der Waals surface area contributed by atoms with E-state index in [1.54, 1.807) is 36.4 Å². The molecule has 0 aliphatic carbocycles. The first-order valence-corrected chi connectivity index (χ1v) is 7.63. The first-order chi connectivity index (χ1) is 12.5. The third kappa shape index (κ3) is 3.99. The first kappa shape index (κ1) is 17.0. The van der Waals surface area contributed by atoms with Crippen LogP contribution in [0, 0.1) is 17.0 Å². The number of pyridine rings is 1.